The lowest BCUT2D eigenvalue weighted by Crippen LogP contribution is -2.53. The fraction of sp³-hybridized carbons (Fsp3) is 0.500. The van der Waals surface area contributed by atoms with Crippen LogP contribution >= 0.6 is 27.3 Å². The third-order valence-corrected chi connectivity index (χ3v) is 4.26. The Balaban J connectivity index is 1.88. The van der Waals surface area contributed by atoms with Crippen molar-refractivity contribution < 1.29 is 14.6 Å². The molecule has 4 nitrogen and oxygen atoms in total. The van der Waals surface area contributed by atoms with Crippen LogP contribution in [-0.2, 0) is 4.74 Å². The van der Waals surface area contributed by atoms with Gasteiger partial charge in [-0.3, -0.25) is 4.79 Å². The van der Waals surface area contributed by atoms with Crippen LogP contribution in [0.1, 0.15) is 9.67 Å². The van der Waals surface area contributed by atoms with Gasteiger partial charge in [-0.15, -0.1) is 11.3 Å². The van der Waals surface area contributed by atoms with Gasteiger partial charge in [0.2, 0.25) is 0 Å². The largest absolute Gasteiger partial charge is 0.396 e. The topological polar surface area (TPSA) is 58.6 Å². The van der Waals surface area contributed by atoms with Crippen LogP contribution in [0.3, 0.4) is 0 Å². The number of ether oxygens (including phenoxy) is 1. The first kappa shape index (κ1) is 12.0. The number of halogens is 1. The molecule has 1 aliphatic rings. The van der Waals surface area contributed by atoms with Crippen LogP contribution in [0.25, 0.3) is 0 Å². The molecule has 0 aliphatic carbocycles. The highest BCUT2D eigenvalue weighted by Crippen LogP contribution is 2.26. The monoisotopic (exact) mass is 305 g/mol. The zero-order valence-corrected chi connectivity index (χ0v) is 10.9. The maximum atomic E-state index is 11.7. The van der Waals surface area contributed by atoms with Crippen LogP contribution in [0.4, 0.5) is 0 Å². The van der Waals surface area contributed by atoms with Gasteiger partial charge in [0.1, 0.15) is 0 Å². The normalized spacial score (nSPS) is 17.9. The molecule has 2 heterocycles. The highest BCUT2D eigenvalue weighted by molar-refractivity contribution is 9.10. The Morgan fingerprint density at radius 2 is 2.44 bits per heavy atom. The molecular formula is C10H12BrNO3S. The van der Waals surface area contributed by atoms with E-state index < -0.39 is 0 Å². The Bertz CT molecular complexity index is 384. The van der Waals surface area contributed by atoms with Crippen LogP contribution in [0.15, 0.2) is 15.9 Å². The van der Waals surface area contributed by atoms with Gasteiger partial charge in [0.05, 0.1) is 30.1 Å². The number of carbonyl (C=O) groups excluding carboxylic acids is 1. The zero-order chi connectivity index (χ0) is 11.6. The molecule has 0 saturated carbocycles. The average Bonchev–Trinajstić information content (AvgIpc) is 2.64. The second-order valence-corrected chi connectivity index (χ2v) is 5.79. The SMILES string of the molecule is O=C(NCC1(CO)COC1)c1cc(Br)cs1. The molecule has 0 bridgehead atoms. The molecule has 1 aromatic heterocycles. The van der Waals surface area contributed by atoms with Crippen molar-refractivity contribution in [2.45, 2.75) is 0 Å². The first-order chi connectivity index (χ1) is 7.65. The van der Waals surface area contributed by atoms with Crippen molar-refractivity contribution in [1.29, 1.82) is 0 Å². The Kier molecular flexibility index (Phi) is 3.63. The van der Waals surface area contributed by atoms with Crippen molar-refractivity contribution >= 4 is 33.2 Å². The summed E-state index contributed by atoms with van der Waals surface area (Å²) < 4.78 is 5.96. The summed E-state index contributed by atoms with van der Waals surface area (Å²) in [6, 6.07) is 1.78. The summed E-state index contributed by atoms with van der Waals surface area (Å²) >= 11 is 4.69. The second kappa shape index (κ2) is 4.83. The van der Waals surface area contributed by atoms with Crippen molar-refractivity contribution in [2.24, 2.45) is 5.41 Å². The maximum Gasteiger partial charge on any atom is 0.261 e. The zero-order valence-electron chi connectivity index (χ0n) is 8.53. The predicted octanol–water partition coefficient (Wildman–Crippen LogP) is 1.25. The Labute approximate surface area is 106 Å². The molecular weight excluding hydrogens is 294 g/mol. The predicted molar refractivity (Wildman–Crippen MR) is 64.7 cm³/mol. The summed E-state index contributed by atoms with van der Waals surface area (Å²) in [4.78, 5) is 12.4. The van der Waals surface area contributed by atoms with Gasteiger partial charge >= 0.3 is 0 Å². The standard InChI is InChI=1S/C10H12BrNO3S/c11-7-1-8(16-2-7)9(14)12-3-10(4-13)5-15-6-10/h1-2,13H,3-6H2,(H,12,14). The Morgan fingerprint density at radius 1 is 1.69 bits per heavy atom. The van der Waals surface area contributed by atoms with Gasteiger partial charge in [0, 0.05) is 16.4 Å². The summed E-state index contributed by atoms with van der Waals surface area (Å²) in [6.07, 6.45) is 0. The fourth-order valence-corrected chi connectivity index (χ4v) is 2.77. The smallest absolute Gasteiger partial charge is 0.261 e. The molecule has 1 amide bonds. The summed E-state index contributed by atoms with van der Waals surface area (Å²) in [6.45, 7) is 1.52. The number of carbonyl (C=O) groups is 1. The Hall–Kier alpha value is -0.430. The number of hydrogen-bond donors (Lipinski definition) is 2. The highest BCUT2D eigenvalue weighted by atomic mass is 79.9. The summed E-state index contributed by atoms with van der Waals surface area (Å²) in [5.74, 6) is -0.101. The van der Waals surface area contributed by atoms with E-state index in [1.54, 1.807) is 6.07 Å². The lowest BCUT2D eigenvalue weighted by Gasteiger charge is -2.39. The first-order valence-electron chi connectivity index (χ1n) is 4.86. The van der Waals surface area contributed by atoms with E-state index in [-0.39, 0.29) is 17.9 Å². The Morgan fingerprint density at radius 3 is 2.88 bits per heavy atom. The molecule has 6 heteroatoms. The van der Waals surface area contributed by atoms with E-state index in [2.05, 4.69) is 21.2 Å². The van der Waals surface area contributed by atoms with Crippen LogP contribution in [0.2, 0.25) is 0 Å². The van der Waals surface area contributed by atoms with Gasteiger partial charge in [0.25, 0.3) is 5.91 Å². The molecule has 0 aromatic carbocycles. The van der Waals surface area contributed by atoms with E-state index >= 15 is 0 Å². The van der Waals surface area contributed by atoms with E-state index in [9.17, 15) is 9.90 Å². The van der Waals surface area contributed by atoms with E-state index in [1.807, 2.05) is 5.38 Å². The van der Waals surface area contributed by atoms with Gasteiger partial charge in [-0.25, -0.2) is 0 Å². The minimum atomic E-state index is -0.274. The van der Waals surface area contributed by atoms with E-state index in [0.29, 0.717) is 24.6 Å². The van der Waals surface area contributed by atoms with Crippen LogP contribution in [-0.4, -0.2) is 37.4 Å². The van der Waals surface area contributed by atoms with Crippen LogP contribution in [0, 0.1) is 5.41 Å². The highest BCUT2D eigenvalue weighted by Gasteiger charge is 2.38. The summed E-state index contributed by atoms with van der Waals surface area (Å²) in [5.41, 5.74) is -0.274. The van der Waals surface area contributed by atoms with Gasteiger partial charge in [-0.05, 0) is 22.0 Å². The molecule has 2 N–H and O–H groups in total. The quantitative estimate of drug-likeness (QED) is 0.880. The molecule has 1 fully saturated rings. The number of hydrogen-bond acceptors (Lipinski definition) is 4. The number of amides is 1. The summed E-state index contributed by atoms with van der Waals surface area (Å²) in [5, 5.41) is 13.9. The van der Waals surface area contributed by atoms with Gasteiger partial charge < -0.3 is 15.2 Å². The molecule has 2 rings (SSSR count). The molecule has 1 aromatic rings. The molecule has 0 unspecified atom stereocenters. The number of aliphatic hydroxyl groups is 1. The third-order valence-electron chi connectivity index (χ3n) is 2.57. The maximum absolute atomic E-state index is 11.7. The minimum absolute atomic E-state index is 0.0431. The van der Waals surface area contributed by atoms with Crippen LogP contribution < -0.4 is 5.32 Å². The average molecular weight is 306 g/mol. The van der Waals surface area contributed by atoms with E-state index in [0.717, 1.165) is 4.47 Å². The lowest BCUT2D eigenvalue weighted by atomic mass is 9.87. The molecule has 0 atom stereocenters. The van der Waals surface area contributed by atoms with E-state index in [1.165, 1.54) is 11.3 Å². The van der Waals surface area contributed by atoms with Crippen molar-refractivity contribution in [3.63, 3.8) is 0 Å². The molecule has 0 radical (unpaired) electrons. The third kappa shape index (κ3) is 2.45. The fourth-order valence-electron chi connectivity index (χ4n) is 1.43. The van der Waals surface area contributed by atoms with Crippen molar-refractivity contribution in [1.82, 2.24) is 5.32 Å². The number of rotatable bonds is 4. The van der Waals surface area contributed by atoms with E-state index in [4.69, 9.17) is 4.74 Å². The molecule has 88 valence electrons. The first-order valence-corrected chi connectivity index (χ1v) is 6.53. The molecule has 1 aliphatic heterocycles. The number of thiophene rings is 1. The lowest BCUT2D eigenvalue weighted by molar-refractivity contribution is -0.133. The number of nitrogens with one attached hydrogen (secondary N) is 1. The molecule has 16 heavy (non-hydrogen) atoms. The van der Waals surface area contributed by atoms with Crippen LogP contribution in [0.5, 0.6) is 0 Å². The van der Waals surface area contributed by atoms with Gasteiger partial charge in [-0.1, -0.05) is 0 Å². The molecule has 0 spiro atoms. The second-order valence-electron chi connectivity index (χ2n) is 3.96. The summed E-state index contributed by atoms with van der Waals surface area (Å²) in [7, 11) is 0. The van der Waals surface area contributed by atoms with Gasteiger partial charge in [-0.2, -0.15) is 0 Å². The van der Waals surface area contributed by atoms with Gasteiger partial charge in [0.15, 0.2) is 0 Å². The van der Waals surface area contributed by atoms with Crippen molar-refractivity contribution in [2.75, 3.05) is 26.4 Å². The van der Waals surface area contributed by atoms with Crippen molar-refractivity contribution in [3.8, 4) is 0 Å². The minimum Gasteiger partial charge on any atom is -0.396 e. The van der Waals surface area contributed by atoms with Crippen molar-refractivity contribution in [3.05, 3.63) is 20.8 Å². The molecule has 1 saturated heterocycles. The number of aliphatic hydroxyl groups excluding tert-OH is 1.